The normalized spacial score (nSPS) is 32.2. The smallest absolute Gasteiger partial charge is 0.316 e. The number of halogens is 6. The molecule has 42 heavy (non-hydrogen) atoms. The topological polar surface area (TPSA) is 84.0 Å². The lowest BCUT2D eigenvalue weighted by atomic mass is 9.84. The number of carbonyl (C=O) groups is 4. The SMILES string of the molecule is Cc1cc(OC(=O)[C@@H]2CC(=O)N([C@H](C)c3ccccc3)C2)ccc1N1C(=O)[C@@H]2[C@H](C1=O)[C@@]1(Cl)C(Cl)=C(Cl)[C@@]2(Cl)C1(Cl)Cl. The summed E-state index contributed by atoms with van der Waals surface area (Å²) in [5.74, 6) is -5.01. The van der Waals surface area contributed by atoms with Crippen LogP contribution in [0.2, 0.25) is 0 Å². The molecule has 0 radical (unpaired) electrons. The Bertz CT molecular complexity index is 1550. The molecule has 4 aliphatic rings. The van der Waals surface area contributed by atoms with Gasteiger partial charge in [-0.1, -0.05) is 76.7 Å². The van der Waals surface area contributed by atoms with Gasteiger partial charge in [-0.2, -0.15) is 0 Å². The first kappa shape index (κ1) is 30.0. The van der Waals surface area contributed by atoms with Crippen LogP contribution in [0.4, 0.5) is 5.69 Å². The molecule has 1 saturated carbocycles. The first-order chi connectivity index (χ1) is 19.7. The minimum atomic E-state index is -2.02. The van der Waals surface area contributed by atoms with Gasteiger partial charge in [0.2, 0.25) is 17.7 Å². The highest BCUT2D eigenvalue weighted by molar-refractivity contribution is 6.67. The zero-order valence-corrected chi connectivity index (χ0v) is 26.6. The number of fused-ring (bicyclic) bond motifs is 5. The van der Waals surface area contributed by atoms with E-state index in [0.29, 0.717) is 5.56 Å². The average Bonchev–Trinajstić information content (AvgIpc) is 3.54. The van der Waals surface area contributed by atoms with Crippen LogP contribution in [0, 0.1) is 24.7 Å². The number of imide groups is 1. The molecule has 0 unspecified atom stereocenters. The van der Waals surface area contributed by atoms with Crippen molar-refractivity contribution in [2.24, 2.45) is 17.8 Å². The summed E-state index contributed by atoms with van der Waals surface area (Å²) in [5.41, 5.74) is 1.66. The molecule has 2 saturated heterocycles. The molecule has 7 nitrogen and oxygen atoms in total. The second-order valence-electron chi connectivity index (χ2n) is 11.0. The van der Waals surface area contributed by atoms with Crippen molar-refractivity contribution in [3.8, 4) is 5.75 Å². The Morgan fingerprint density at radius 3 is 2.05 bits per heavy atom. The number of benzene rings is 2. The van der Waals surface area contributed by atoms with Gasteiger partial charge in [-0.05, 0) is 43.2 Å². The lowest BCUT2D eigenvalue weighted by molar-refractivity contribution is -0.139. The maximum Gasteiger partial charge on any atom is 0.316 e. The molecule has 0 spiro atoms. The summed E-state index contributed by atoms with van der Waals surface area (Å²) in [6.45, 7) is 3.79. The first-order valence-electron chi connectivity index (χ1n) is 13.0. The maximum atomic E-state index is 13.7. The zero-order chi connectivity index (χ0) is 30.5. The van der Waals surface area contributed by atoms with Gasteiger partial charge in [0.15, 0.2) is 4.33 Å². The monoisotopic (exact) mass is 688 g/mol. The predicted molar refractivity (Wildman–Crippen MR) is 161 cm³/mol. The summed E-state index contributed by atoms with van der Waals surface area (Å²) >= 11 is 39.4. The van der Waals surface area contributed by atoms with E-state index in [9.17, 15) is 19.2 Å². The van der Waals surface area contributed by atoms with Crippen molar-refractivity contribution in [1.29, 1.82) is 0 Å². The van der Waals surface area contributed by atoms with E-state index in [1.165, 1.54) is 18.2 Å². The van der Waals surface area contributed by atoms with Crippen LogP contribution in [0.15, 0.2) is 58.6 Å². The molecule has 3 fully saturated rings. The predicted octanol–water partition coefficient (Wildman–Crippen LogP) is 6.46. The minimum Gasteiger partial charge on any atom is -0.426 e. The lowest BCUT2D eigenvalue weighted by Gasteiger charge is -2.34. The number of ether oxygens (including phenoxy) is 1. The van der Waals surface area contributed by atoms with Gasteiger partial charge in [-0.15, -0.1) is 23.2 Å². The van der Waals surface area contributed by atoms with E-state index in [0.717, 1.165) is 10.5 Å². The number of aryl methyl sites for hydroxylation is 1. The van der Waals surface area contributed by atoms with Crippen molar-refractivity contribution in [1.82, 2.24) is 4.90 Å². The molecule has 0 aromatic heterocycles. The van der Waals surface area contributed by atoms with E-state index in [4.69, 9.17) is 74.3 Å². The Morgan fingerprint density at radius 1 is 0.929 bits per heavy atom. The Morgan fingerprint density at radius 2 is 1.50 bits per heavy atom. The number of alkyl halides is 4. The molecular weight excluding hydrogens is 669 g/mol. The van der Waals surface area contributed by atoms with Gasteiger partial charge in [-0.3, -0.25) is 19.2 Å². The van der Waals surface area contributed by atoms with Gasteiger partial charge in [0.05, 0.1) is 39.5 Å². The van der Waals surface area contributed by atoms with Gasteiger partial charge < -0.3 is 9.64 Å². The molecule has 13 heteroatoms. The quantitative estimate of drug-likeness (QED) is 0.156. The number of amides is 3. The molecular formula is C29H22Cl6N2O5. The number of rotatable bonds is 5. The van der Waals surface area contributed by atoms with Crippen LogP contribution >= 0.6 is 69.6 Å². The van der Waals surface area contributed by atoms with E-state index in [2.05, 4.69) is 0 Å². The standard InChI is InChI=1S/C29H22Cl6N2O5/c1-13-10-17(42-26(41)16-11-19(38)36(12-16)14(2)15-6-4-3-5-7-15)8-9-18(13)37-24(39)20-21(25(37)40)28(33)23(31)22(30)27(20,32)29(28,34)35/h3-10,14,16,20-21H,11-12H2,1-2H3/t14-,16-,20-,21+,27-,28-/m1/s1. The van der Waals surface area contributed by atoms with E-state index in [1.54, 1.807) is 11.8 Å². The third-order valence-corrected chi connectivity index (χ3v) is 13.0. The van der Waals surface area contributed by atoms with Crippen LogP contribution in [0.3, 0.4) is 0 Å². The van der Waals surface area contributed by atoms with Gasteiger partial charge in [0.1, 0.15) is 15.5 Å². The molecule has 2 aromatic carbocycles. The number of allylic oxidation sites excluding steroid dienone is 2. The van der Waals surface area contributed by atoms with E-state index in [-0.39, 0.29) is 46.4 Å². The number of nitrogens with zero attached hydrogens (tertiary/aromatic N) is 2. The van der Waals surface area contributed by atoms with Gasteiger partial charge in [-0.25, -0.2) is 4.90 Å². The fraction of sp³-hybridized carbons (Fsp3) is 0.379. The molecule has 3 amide bonds. The number of likely N-dealkylation sites (tertiary alicyclic amines) is 1. The van der Waals surface area contributed by atoms with Crippen LogP contribution in [0.25, 0.3) is 0 Å². The average molecular weight is 691 g/mol. The third-order valence-electron chi connectivity index (χ3n) is 8.78. The summed E-state index contributed by atoms with van der Waals surface area (Å²) < 4.78 is 3.59. The Labute approximate surface area is 271 Å². The van der Waals surface area contributed by atoms with Crippen molar-refractivity contribution in [2.75, 3.05) is 11.4 Å². The molecule has 2 bridgehead atoms. The first-order valence-corrected chi connectivity index (χ1v) is 15.3. The Balaban J connectivity index is 1.20. The van der Waals surface area contributed by atoms with E-state index < -0.39 is 49.6 Å². The fourth-order valence-electron chi connectivity index (χ4n) is 6.55. The Kier molecular flexibility index (Phi) is 7.16. The summed E-state index contributed by atoms with van der Waals surface area (Å²) in [4.78, 5) is 51.9. The van der Waals surface area contributed by atoms with Crippen LogP contribution in [-0.4, -0.2) is 49.2 Å². The molecule has 2 heterocycles. The zero-order valence-electron chi connectivity index (χ0n) is 22.0. The largest absolute Gasteiger partial charge is 0.426 e. The molecule has 220 valence electrons. The lowest BCUT2D eigenvalue weighted by Crippen LogP contribution is -2.50. The van der Waals surface area contributed by atoms with Crippen LogP contribution in [0.1, 0.15) is 30.5 Å². The van der Waals surface area contributed by atoms with E-state index in [1.807, 2.05) is 37.3 Å². The molecule has 2 aromatic rings. The third kappa shape index (κ3) is 3.80. The highest BCUT2D eigenvalue weighted by atomic mass is 35.5. The number of esters is 1. The fourth-order valence-corrected chi connectivity index (χ4v) is 9.48. The van der Waals surface area contributed by atoms with Crippen LogP contribution in [0.5, 0.6) is 5.75 Å². The van der Waals surface area contributed by atoms with Gasteiger partial charge in [0, 0.05) is 13.0 Å². The minimum absolute atomic E-state index is 0.0365. The van der Waals surface area contributed by atoms with Crippen LogP contribution < -0.4 is 9.64 Å². The molecule has 2 aliphatic carbocycles. The van der Waals surface area contributed by atoms with Gasteiger partial charge in [0.25, 0.3) is 0 Å². The molecule has 0 N–H and O–H groups in total. The highest BCUT2D eigenvalue weighted by Gasteiger charge is 2.87. The highest BCUT2D eigenvalue weighted by Crippen LogP contribution is 2.77. The maximum absolute atomic E-state index is 13.7. The van der Waals surface area contributed by atoms with E-state index >= 15 is 0 Å². The van der Waals surface area contributed by atoms with Crippen molar-refractivity contribution in [3.63, 3.8) is 0 Å². The molecule has 6 rings (SSSR count). The van der Waals surface area contributed by atoms with Crippen molar-refractivity contribution >= 4 is 99.0 Å². The molecule has 2 aliphatic heterocycles. The Hall–Kier alpha value is -2.00. The summed E-state index contributed by atoms with van der Waals surface area (Å²) in [7, 11) is 0. The number of hydrogen-bond acceptors (Lipinski definition) is 5. The number of anilines is 1. The summed E-state index contributed by atoms with van der Waals surface area (Å²) in [6.07, 6.45) is 0.0365. The number of hydrogen-bond donors (Lipinski definition) is 0. The summed E-state index contributed by atoms with van der Waals surface area (Å²) in [5, 5.41) is -0.340. The van der Waals surface area contributed by atoms with Crippen molar-refractivity contribution in [2.45, 2.75) is 40.4 Å². The number of carbonyl (C=O) groups excluding carboxylic acids is 4. The second kappa shape index (κ2) is 10.0. The van der Waals surface area contributed by atoms with Crippen LogP contribution in [-0.2, 0) is 19.2 Å². The molecule has 6 atom stereocenters. The van der Waals surface area contributed by atoms with Crippen molar-refractivity contribution in [3.05, 3.63) is 69.7 Å². The second-order valence-corrected chi connectivity index (χ2v) is 14.3. The van der Waals surface area contributed by atoms with Gasteiger partial charge >= 0.3 is 5.97 Å². The summed E-state index contributed by atoms with van der Waals surface area (Å²) in [6, 6.07) is 13.8. The van der Waals surface area contributed by atoms with Crippen molar-refractivity contribution < 1.29 is 23.9 Å².